The molecule has 6 heteroatoms. The summed E-state index contributed by atoms with van der Waals surface area (Å²) in [5.74, 6) is 0.836. The van der Waals surface area contributed by atoms with Crippen LogP contribution in [0.15, 0.2) is 72.8 Å². The molecule has 3 aromatic rings. The number of aliphatic hydroxyl groups excluding tert-OH is 1. The van der Waals surface area contributed by atoms with Crippen LogP contribution in [0.25, 0.3) is 11.1 Å². The first-order valence-electron chi connectivity index (χ1n) is 12.9. The number of amides is 1. The molecular weight excluding hydrogens is 464 g/mol. The van der Waals surface area contributed by atoms with Gasteiger partial charge in [0.15, 0.2) is 0 Å². The number of ether oxygens (including phenoxy) is 2. The van der Waals surface area contributed by atoms with Gasteiger partial charge in [-0.3, -0.25) is 9.69 Å². The van der Waals surface area contributed by atoms with Gasteiger partial charge in [-0.1, -0.05) is 67.6 Å². The van der Waals surface area contributed by atoms with Crippen molar-refractivity contribution in [3.63, 3.8) is 0 Å². The van der Waals surface area contributed by atoms with Crippen LogP contribution in [-0.4, -0.2) is 66.8 Å². The summed E-state index contributed by atoms with van der Waals surface area (Å²) in [6.45, 7) is 6.25. The molecule has 0 saturated carbocycles. The third-order valence-corrected chi connectivity index (χ3v) is 7.22. The quantitative estimate of drug-likeness (QED) is 0.500. The van der Waals surface area contributed by atoms with Gasteiger partial charge in [0.1, 0.15) is 5.75 Å². The smallest absolute Gasteiger partial charge is 0.254 e. The highest BCUT2D eigenvalue weighted by Gasteiger charge is 2.30. The molecule has 1 N–H and O–H groups in total. The van der Waals surface area contributed by atoms with E-state index in [-0.39, 0.29) is 30.6 Å². The average molecular weight is 503 g/mol. The van der Waals surface area contributed by atoms with E-state index >= 15 is 0 Å². The number of aliphatic hydroxyl groups is 1. The summed E-state index contributed by atoms with van der Waals surface area (Å²) in [4.78, 5) is 17.9. The zero-order valence-corrected chi connectivity index (χ0v) is 22.3. The third kappa shape index (κ3) is 6.21. The van der Waals surface area contributed by atoms with Crippen LogP contribution < -0.4 is 4.74 Å². The minimum atomic E-state index is -0.314. The molecule has 0 saturated heterocycles. The number of hydrogen-bond acceptors (Lipinski definition) is 5. The SMILES string of the molecule is COc1ccccc1CN(C)C[C@@H]1OCc2ccccc2-c2ccccc2C(=O)N([C@H](C)CO)C[C@@H]1C. The summed E-state index contributed by atoms with van der Waals surface area (Å²) in [7, 11) is 3.77. The molecular formula is C31H38N2O4. The lowest BCUT2D eigenvalue weighted by molar-refractivity contribution is -0.0241. The van der Waals surface area contributed by atoms with Gasteiger partial charge in [-0.25, -0.2) is 0 Å². The predicted molar refractivity (Wildman–Crippen MR) is 147 cm³/mol. The monoisotopic (exact) mass is 502 g/mol. The van der Waals surface area contributed by atoms with Crippen LogP contribution in [0, 0.1) is 5.92 Å². The molecule has 0 aliphatic carbocycles. The van der Waals surface area contributed by atoms with Crippen molar-refractivity contribution in [2.45, 2.75) is 39.1 Å². The van der Waals surface area contributed by atoms with Crippen molar-refractivity contribution in [2.24, 2.45) is 5.92 Å². The summed E-state index contributed by atoms with van der Waals surface area (Å²) < 4.78 is 12.2. The second kappa shape index (κ2) is 12.4. The molecule has 196 valence electrons. The summed E-state index contributed by atoms with van der Waals surface area (Å²) in [6, 6.07) is 23.6. The molecule has 0 bridgehead atoms. The molecule has 1 aliphatic heterocycles. The summed E-state index contributed by atoms with van der Waals surface area (Å²) in [5.41, 5.74) is 4.70. The van der Waals surface area contributed by atoms with E-state index < -0.39 is 0 Å². The second-order valence-electron chi connectivity index (χ2n) is 10.0. The molecule has 1 heterocycles. The van der Waals surface area contributed by atoms with Gasteiger partial charge in [0.05, 0.1) is 32.5 Å². The highest BCUT2D eigenvalue weighted by Crippen LogP contribution is 2.31. The van der Waals surface area contributed by atoms with Crippen molar-refractivity contribution < 1.29 is 19.4 Å². The summed E-state index contributed by atoms with van der Waals surface area (Å²) in [5, 5.41) is 10.0. The number of nitrogens with zero attached hydrogens (tertiary/aromatic N) is 2. The van der Waals surface area contributed by atoms with Crippen LogP contribution in [0.2, 0.25) is 0 Å². The van der Waals surface area contributed by atoms with Crippen molar-refractivity contribution >= 4 is 5.91 Å². The maximum Gasteiger partial charge on any atom is 0.254 e. The Morgan fingerprint density at radius 1 is 1.03 bits per heavy atom. The van der Waals surface area contributed by atoms with Crippen molar-refractivity contribution in [1.82, 2.24) is 9.80 Å². The Kier molecular flexibility index (Phi) is 8.98. The first kappa shape index (κ1) is 26.9. The van der Waals surface area contributed by atoms with Crippen LogP contribution in [0.4, 0.5) is 0 Å². The fourth-order valence-electron chi connectivity index (χ4n) is 5.05. The van der Waals surface area contributed by atoms with E-state index in [1.807, 2.05) is 61.5 Å². The van der Waals surface area contributed by atoms with Gasteiger partial charge in [0.2, 0.25) is 0 Å². The molecule has 0 spiro atoms. The minimum Gasteiger partial charge on any atom is -0.496 e. The molecule has 0 unspecified atom stereocenters. The van der Waals surface area contributed by atoms with E-state index in [1.165, 1.54) is 0 Å². The number of carbonyl (C=O) groups is 1. The van der Waals surface area contributed by atoms with E-state index in [4.69, 9.17) is 9.47 Å². The number of benzene rings is 3. The molecule has 1 aliphatic rings. The zero-order valence-electron chi connectivity index (χ0n) is 22.3. The van der Waals surface area contributed by atoms with Gasteiger partial charge in [0.25, 0.3) is 5.91 Å². The second-order valence-corrected chi connectivity index (χ2v) is 10.0. The third-order valence-electron chi connectivity index (χ3n) is 7.22. The molecule has 0 radical (unpaired) electrons. The van der Waals surface area contributed by atoms with Crippen molar-refractivity contribution in [3.05, 3.63) is 89.5 Å². The Morgan fingerprint density at radius 3 is 2.41 bits per heavy atom. The summed E-state index contributed by atoms with van der Waals surface area (Å²) in [6.07, 6.45) is -0.129. The Hall–Kier alpha value is -3.19. The maximum atomic E-state index is 13.9. The van der Waals surface area contributed by atoms with Crippen molar-refractivity contribution in [1.29, 1.82) is 0 Å². The number of para-hydroxylation sites is 1. The topological polar surface area (TPSA) is 62.2 Å². The van der Waals surface area contributed by atoms with Gasteiger partial charge in [-0.15, -0.1) is 0 Å². The molecule has 37 heavy (non-hydrogen) atoms. The van der Waals surface area contributed by atoms with Crippen molar-refractivity contribution in [2.75, 3.05) is 33.9 Å². The van der Waals surface area contributed by atoms with Gasteiger partial charge < -0.3 is 19.5 Å². The Labute approximate surface area is 220 Å². The molecule has 1 amide bonds. The number of fused-ring (bicyclic) bond motifs is 3. The summed E-state index contributed by atoms with van der Waals surface area (Å²) >= 11 is 0. The standard InChI is InChI=1S/C31H38N2O4/c1-22-17-33(23(2)20-34)31(35)28-15-9-8-14-27(28)26-13-7-5-12-25(26)21-37-30(22)19-32(3)18-24-11-6-10-16-29(24)36-4/h5-16,22-23,30,34H,17-21H2,1-4H3/t22-,23+,30-/m0/s1. The fourth-order valence-corrected chi connectivity index (χ4v) is 5.05. The van der Waals surface area contributed by atoms with E-state index in [1.54, 1.807) is 12.0 Å². The van der Waals surface area contributed by atoms with Gasteiger partial charge in [-0.2, -0.15) is 0 Å². The molecule has 3 aromatic carbocycles. The van der Waals surface area contributed by atoms with Crippen LogP contribution in [0.5, 0.6) is 5.75 Å². The number of hydrogen-bond donors (Lipinski definition) is 1. The number of carbonyl (C=O) groups excluding carboxylic acids is 1. The number of likely N-dealkylation sites (N-methyl/N-ethyl adjacent to an activating group) is 1. The molecule has 6 nitrogen and oxygen atoms in total. The Morgan fingerprint density at radius 2 is 1.68 bits per heavy atom. The van der Waals surface area contributed by atoms with Crippen LogP contribution in [0.3, 0.4) is 0 Å². The molecule has 4 rings (SSSR count). The predicted octanol–water partition coefficient (Wildman–Crippen LogP) is 4.85. The lowest BCUT2D eigenvalue weighted by Gasteiger charge is -2.35. The van der Waals surface area contributed by atoms with Gasteiger partial charge >= 0.3 is 0 Å². The fraction of sp³-hybridized carbons (Fsp3) is 0.387. The maximum absolute atomic E-state index is 13.9. The lowest BCUT2D eigenvalue weighted by Crippen LogP contribution is -2.47. The molecule has 3 atom stereocenters. The van der Waals surface area contributed by atoms with Crippen LogP contribution in [0.1, 0.15) is 35.3 Å². The average Bonchev–Trinajstić information content (AvgIpc) is 2.94. The Bertz CT molecular complexity index is 1200. The first-order chi connectivity index (χ1) is 17.9. The number of methoxy groups -OCH3 is 1. The van der Waals surface area contributed by atoms with E-state index in [0.29, 0.717) is 31.8 Å². The lowest BCUT2D eigenvalue weighted by atomic mass is 9.94. The molecule has 0 fully saturated rings. The largest absolute Gasteiger partial charge is 0.496 e. The minimum absolute atomic E-state index is 0.0375. The van der Waals surface area contributed by atoms with Gasteiger partial charge in [-0.05, 0) is 42.8 Å². The van der Waals surface area contributed by atoms with E-state index in [9.17, 15) is 9.90 Å². The van der Waals surface area contributed by atoms with Crippen LogP contribution >= 0.6 is 0 Å². The van der Waals surface area contributed by atoms with E-state index in [2.05, 4.69) is 37.1 Å². The zero-order chi connectivity index (χ0) is 26.4. The highest BCUT2D eigenvalue weighted by atomic mass is 16.5. The highest BCUT2D eigenvalue weighted by molar-refractivity contribution is 6.01. The van der Waals surface area contributed by atoms with Crippen molar-refractivity contribution in [3.8, 4) is 16.9 Å². The number of rotatable bonds is 7. The molecule has 0 aromatic heterocycles. The van der Waals surface area contributed by atoms with Gasteiger partial charge in [0, 0.05) is 36.7 Å². The van der Waals surface area contributed by atoms with E-state index in [0.717, 1.165) is 28.0 Å². The van der Waals surface area contributed by atoms with Crippen LogP contribution in [-0.2, 0) is 17.9 Å². The Balaban J connectivity index is 1.67. The first-order valence-corrected chi connectivity index (χ1v) is 12.9. The normalized spacial score (nSPS) is 19.1.